The highest BCUT2D eigenvalue weighted by Gasteiger charge is 2.26. The maximum Gasteiger partial charge on any atom is 0.126 e. The van der Waals surface area contributed by atoms with E-state index in [1.165, 1.54) is 34.5 Å². The van der Waals surface area contributed by atoms with Crippen LogP contribution in [0.4, 0.5) is 0 Å². The lowest BCUT2D eigenvalue weighted by atomic mass is 10.6. The first-order valence-corrected chi connectivity index (χ1v) is 16.4. The van der Waals surface area contributed by atoms with Crippen LogP contribution in [0.15, 0.2) is 0 Å². The predicted octanol–water partition coefficient (Wildman–Crippen LogP) is 5.76. The fraction of sp³-hybridized carbons (Fsp3) is 1.00. The van der Waals surface area contributed by atoms with Gasteiger partial charge in [0.25, 0.3) is 0 Å². The quantitative estimate of drug-likeness (QED) is 0.216. The number of thioether (sulfide) groups is 3. The third-order valence-corrected chi connectivity index (χ3v) is 16.6. The minimum atomic E-state index is 0.705. The monoisotopic (exact) mass is 424 g/mol. The van der Waals surface area contributed by atoms with E-state index in [1.54, 1.807) is 0 Å². The zero-order chi connectivity index (χ0) is 12.9. The second-order valence-corrected chi connectivity index (χ2v) is 16.7. The van der Waals surface area contributed by atoms with E-state index in [2.05, 4.69) is 100 Å². The van der Waals surface area contributed by atoms with E-state index in [4.69, 9.17) is 0 Å². The van der Waals surface area contributed by atoms with Gasteiger partial charge in [-0.1, -0.05) is 64.8 Å². The standard InChI is InChI=1S/C10H16S9/c1-7(11-1)4-14-17-10(18-15-5-8-2-12-8)19-16-6-9-3-13-9/h7-10H,1-6H2. The molecule has 9 heteroatoms. The largest absolute Gasteiger partial charge is 0.156 e. The number of hydrogen-bond donors (Lipinski definition) is 0. The minimum absolute atomic E-state index is 0.705. The first kappa shape index (κ1) is 17.0. The van der Waals surface area contributed by atoms with Crippen LogP contribution in [0.2, 0.25) is 0 Å². The van der Waals surface area contributed by atoms with Gasteiger partial charge in [0.15, 0.2) is 0 Å². The molecule has 0 nitrogen and oxygen atoms in total. The maximum atomic E-state index is 2.12. The molecule has 0 aromatic heterocycles. The van der Waals surface area contributed by atoms with Gasteiger partial charge in [-0.2, -0.15) is 35.3 Å². The fourth-order valence-electron chi connectivity index (χ4n) is 1.05. The van der Waals surface area contributed by atoms with Crippen molar-refractivity contribution in [3.63, 3.8) is 0 Å². The lowest BCUT2D eigenvalue weighted by Crippen LogP contribution is -1.92. The van der Waals surface area contributed by atoms with Crippen LogP contribution in [0.5, 0.6) is 0 Å². The second kappa shape index (κ2) is 9.45. The molecule has 3 rings (SSSR count). The van der Waals surface area contributed by atoms with Gasteiger partial charge < -0.3 is 0 Å². The molecule has 0 bridgehead atoms. The first-order chi connectivity index (χ1) is 9.40. The van der Waals surface area contributed by atoms with Crippen LogP contribution in [0.1, 0.15) is 0 Å². The van der Waals surface area contributed by atoms with Crippen molar-refractivity contribution >= 4 is 100 Å². The van der Waals surface area contributed by atoms with E-state index in [-0.39, 0.29) is 0 Å². The van der Waals surface area contributed by atoms with Crippen LogP contribution in [0.3, 0.4) is 0 Å². The van der Waals surface area contributed by atoms with Gasteiger partial charge in [-0.05, 0) is 0 Å². The Morgan fingerprint density at radius 2 is 1.00 bits per heavy atom. The van der Waals surface area contributed by atoms with Gasteiger partial charge in [-0.3, -0.25) is 0 Å². The molecule has 3 heterocycles. The Morgan fingerprint density at radius 3 is 1.26 bits per heavy atom. The van der Waals surface area contributed by atoms with Crippen molar-refractivity contribution in [3.05, 3.63) is 0 Å². The van der Waals surface area contributed by atoms with Gasteiger partial charge >= 0.3 is 0 Å². The smallest absolute Gasteiger partial charge is 0.126 e. The molecule has 0 spiro atoms. The molecule has 0 radical (unpaired) electrons. The molecule has 0 N–H and O–H groups in total. The van der Waals surface area contributed by atoms with Gasteiger partial charge in [0, 0.05) is 50.3 Å². The first-order valence-electron chi connectivity index (χ1n) is 6.10. The molecule has 3 aliphatic heterocycles. The van der Waals surface area contributed by atoms with Gasteiger partial charge in [-0.25, -0.2) is 0 Å². The van der Waals surface area contributed by atoms with E-state index in [0.717, 1.165) is 15.7 Å². The zero-order valence-electron chi connectivity index (χ0n) is 10.2. The molecule has 0 aliphatic carbocycles. The fourth-order valence-corrected chi connectivity index (χ4v) is 16.2. The van der Waals surface area contributed by atoms with E-state index in [1.807, 2.05) is 0 Å². The molecule has 3 atom stereocenters. The summed E-state index contributed by atoms with van der Waals surface area (Å²) in [4.78, 5) is 0. The van der Waals surface area contributed by atoms with Crippen LogP contribution >= 0.6 is 100 Å². The van der Waals surface area contributed by atoms with Crippen LogP contribution in [-0.4, -0.2) is 54.2 Å². The molecule has 3 fully saturated rings. The lowest BCUT2D eigenvalue weighted by molar-refractivity contribution is 1.28. The van der Waals surface area contributed by atoms with Gasteiger partial charge in [0.1, 0.15) is 3.91 Å². The molecular weight excluding hydrogens is 409 g/mol. The Bertz CT molecular complexity index is 221. The molecule has 0 amide bonds. The third-order valence-electron chi connectivity index (χ3n) is 2.41. The Kier molecular flexibility index (Phi) is 8.45. The Labute approximate surface area is 152 Å². The van der Waals surface area contributed by atoms with Gasteiger partial charge in [-0.15, -0.1) is 0 Å². The summed E-state index contributed by atoms with van der Waals surface area (Å²) < 4.78 is 0.705. The summed E-state index contributed by atoms with van der Waals surface area (Å²) in [5.74, 6) is 8.25. The van der Waals surface area contributed by atoms with E-state index < -0.39 is 0 Å². The second-order valence-electron chi connectivity index (χ2n) is 4.30. The molecular formula is C10H16S9. The molecule has 0 aromatic rings. The SMILES string of the molecule is C(SSC(SSCC1CS1)SSCC1CS1)C1CS1. The Balaban J connectivity index is 1.26. The van der Waals surface area contributed by atoms with Crippen LogP contribution in [-0.2, 0) is 0 Å². The number of hydrogen-bond acceptors (Lipinski definition) is 9. The maximum absolute atomic E-state index is 2.12. The normalized spacial score (nSPS) is 33.2. The van der Waals surface area contributed by atoms with Gasteiger partial charge in [0.05, 0.1) is 0 Å². The summed E-state index contributed by atoms with van der Waals surface area (Å²) >= 11 is 6.35. The predicted molar refractivity (Wildman–Crippen MR) is 113 cm³/mol. The number of rotatable bonds is 12. The highest BCUT2D eigenvalue weighted by molar-refractivity contribution is 8.93. The van der Waals surface area contributed by atoms with Crippen molar-refractivity contribution in [1.29, 1.82) is 0 Å². The van der Waals surface area contributed by atoms with E-state index in [0.29, 0.717) is 3.91 Å². The molecule has 0 saturated carbocycles. The summed E-state index contributed by atoms with van der Waals surface area (Å²) in [6, 6.07) is 0. The van der Waals surface area contributed by atoms with Crippen LogP contribution < -0.4 is 0 Å². The molecule has 0 aromatic carbocycles. The molecule has 3 saturated heterocycles. The molecule has 110 valence electrons. The molecule has 3 unspecified atom stereocenters. The van der Waals surface area contributed by atoms with E-state index in [9.17, 15) is 0 Å². The van der Waals surface area contributed by atoms with Crippen molar-refractivity contribution in [2.75, 3.05) is 34.5 Å². The minimum Gasteiger partial charge on any atom is -0.156 e. The topological polar surface area (TPSA) is 0 Å². The summed E-state index contributed by atoms with van der Waals surface area (Å²) in [6.07, 6.45) is 0. The van der Waals surface area contributed by atoms with E-state index >= 15 is 0 Å². The van der Waals surface area contributed by atoms with Crippen molar-refractivity contribution in [1.82, 2.24) is 0 Å². The Morgan fingerprint density at radius 1 is 0.684 bits per heavy atom. The van der Waals surface area contributed by atoms with Gasteiger partial charge in [0.2, 0.25) is 0 Å². The van der Waals surface area contributed by atoms with Crippen molar-refractivity contribution in [3.8, 4) is 0 Å². The third kappa shape index (κ3) is 8.53. The average molecular weight is 425 g/mol. The Hall–Kier alpha value is 3.15. The highest BCUT2D eigenvalue weighted by atomic mass is 33.2. The van der Waals surface area contributed by atoms with Crippen LogP contribution in [0, 0.1) is 0 Å². The summed E-state index contributed by atoms with van der Waals surface area (Å²) in [6.45, 7) is 0. The summed E-state index contributed by atoms with van der Waals surface area (Å²) in [5.41, 5.74) is 0. The van der Waals surface area contributed by atoms with Crippen molar-refractivity contribution in [2.24, 2.45) is 0 Å². The van der Waals surface area contributed by atoms with Crippen molar-refractivity contribution in [2.45, 2.75) is 19.7 Å². The van der Waals surface area contributed by atoms with Crippen molar-refractivity contribution < 1.29 is 0 Å². The average Bonchev–Trinajstić information content (AvgIpc) is 3.26. The molecule has 3 aliphatic rings. The lowest BCUT2D eigenvalue weighted by Gasteiger charge is -2.13. The summed E-state index contributed by atoms with van der Waals surface area (Å²) in [5, 5.41) is 2.91. The molecule has 19 heavy (non-hydrogen) atoms. The summed E-state index contributed by atoms with van der Waals surface area (Å²) in [7, 11) is 12.6. The zero-order valence-corrected chi connectivity index (χ0v) is 17.6. The highest BCUT2D eigenvalue weighted by Crippen LogP contribution is 2.53. The van der Waals surface area contributed by atoms with Crippen LogP contribution in [0.25, 0.3) is 0 Å².